The lowest BCUT2D eigenvalue weighted by Gasteiger charge is -2.23. The van der Waals surface area contributed by atoms with Gasteiger partial charge in [-0.1, -0.05) is 20.8 Å². The van der Waals surface area contributed by atoms with E-state index in [9.17, 15) is 0 Å². The normalized spacial score (nSPS) is 16.0. The minimum atomic E-state index is 0.0821. The van der Waals surface area contributed by atoms with E-state index < -0.39 is 0 Å². The third-order valence-corrected chi connectivity index (χ3v) is 2.81. The first-order valence-corrected chi connectivity index (χ1v) is 5.86. The summed E-state index contributed by atoms with van der Waals surface area (Å²) in [5.74, 6) is 1.91. The van der Waals surface area contributed by atoms with Crippen molar-refractivity contribution in [3.63, 3.8) is 0 Å². The third kappa shape index (κ3) is 2.49. The average molecular weight is 220 g/mol. The zero-order chi connectivity index (χ0) is 11.8. The Hall–Kier alpha value is -1.18. The lowest BCUT2D eigenvalue weighted by molar-refractivity contribution is 0.293. The number of ether oxygens (including phenoxy) is 2. The quantitative estimate of drug-likeness (QED) is 0.775. The van der Waals surface area contributed by atoms with Crippen molar-refractivity contribution in [1.29, 1.82) is 0 Å². The largest absolute Gasteiger partial charge is 0.497 e. The first kappa shape index (κ1) is 11.3. The highest BCUT2D eigenvalue weighted by Gasteiger charge is 2.27. The van der Waals surface area contributed by atoms with Crippen LogP contribution in [0, 0.1) is 0 Å². The zero-order valence-corrected chi connectivity index (χ0v) is 10.5. The lowest BCUT2D eigenvalue weighted by Crippen LogP contribution is -2.14. The molecule has 2 heteroatoms. The van der Waals surface area contributed by atoms with E-state index in [0.717, 1.165) is 11.5 Å². The van der Waals surface area contributed by atoms with Gasteiger partial charge in [0.1, 0.15) is 11.5 Å². The zero-order valence-electron chi connectivity index (χ0n) is 10.5. The highest BCUT2D eigenvalue weighted by Crippen LogP contribution is 2.37. The molecule has 0 aromatic heterocycles. The van der Waals surface area contributed by atoms with Gasteiger partial charge in [-0.15, -0.1) is 0 Å². The summed E-state index contributed by atoms with van der Waals surface area (Å²) in [4.78, 5) is 0. The van der Waals surface area contributed by atoms with Crippen molar-refractivity contribution in [3.8, 4) is 11.5 Å². The SMILES string of the molecule is COc1ccc(OC2CC2)c(C(C)(C)C)c1. The summed E-state index contributed by atoms with van der Waals surface area (Å²) in [6.45, 7) is 6.59. The molecule has 0 saturated heterocycles. The minimum Gasteiger partial charge on any atom is -0.497 e. The fraction of sp³-hybridized carbons (Fsp3) is 0.571. The molecule has 0 aliphatic heterocycles. The molecule has 1 aromatic rings. The summed E-state index contributed by atoms with van der Waals surface area (Å²) in [5.41, 5.74) is 1.30. The van der Waals surface area contributed by atoms with Crippen molar-refractivity contribution in [2.75, 3.05) is 7.11 Å². The van der Waals surface area contributed by atoms with Crippen LogP contribution in [0.2, 0.25) is 0 Å². The van der Waals surface area contributed by atoms with E-state index in [-0.39, 0.29) is 5.41 Å². The summed E-state index contributed by atoms with van der Waals surface area (Å²) >= 11 is 0. The van der Waals surface area contributed by atoms with Gasteiger partial charge in [0, 0.05) is 5.56 Å². The fourth-order valence-electron chi connectivity index (χ4n) is 1.69. The van der Waals surface area contributed by atoms with Crippen molar-refractivity contribution >= 4 is 0 Å². The topological polar surface area (TPSA) is 18.5 Å². The molecule has 0 amide bonds. The third-order valence-electron chi connectivity index (χ3n) is 2.81. The van der Waals surface area contributed by atoms with Crippen LogP contribution in [0.25, 0.3) is 0 Å². The lowest BCUT2D eigenvalue weighted by atomic mass is 9.86. The van der Waals surface area contributed by atoms with Gasteiger partial charge in [0.15, 0.2) is 0 Å². The number of rotatable bonds is 3. The van der Waals surface area contributed by atoms with Gasteiger partial charge >= 0.3 is 0 Å². The Bertz CT molecular complexity index is 373. The minimum absolute atomic E-state index is 0.0821. The molecular weight excluding hydrogens is 200 g/mol. The molecular formula is C14H20O2. The number of hydrogen-bond acceptors (Lipinski definition) is 2. The Balaban J connectivity index is 2.33. The number of hydrogen-bond donors (Lipinski definition) is 0. The van der Waals surface area contributed by atoms with Gasteiger partial charge in [-0.2, -0.15) is 0 Å². The number of benzene rings is 1. The maximum atomic E-state index is 5.93. The van der Waals surface area contributed by atoms with Crippen molar-refractivity contribution in [1.82, 2.24) is 0 Å². The molecule has 0 unspecified atom stereocenters. The monoisotopic (exact) mass is 220 g/mol. The van der Waals surface area contributed by atoms with E-state index in [2.05, 4.69) is 26.8 Å². The van der Waals surface area contributed by atoms with Gasteiger partial charge in [0.25, 0.3) is 0 Å². The Morgan fingerprint density at radius 2 is 1.88 bits per heavy atom. The summed E-state index contributed by atoms with van der Waals surface area (Å²) in [6, 6.07) is 6.07. The van der Waals surface area contributed by atoms with E-state index >= 15 is 0 Å². The van der Waals surface area contributed by atoms with Gasteiger partial charge in [0.05, 0.1) is 13.2 Å². The Morgan fingerprint density at radius 1 is 1.19 bits per heavy atom. The Morgan fingerprint density at radius 3 is 2.38 bits per heavy atom. The maximum absolute atomic E-state index is 5.93. The molecule has 16 heavy (non-hydrogen) atoms. The molecule has 1 aliphatic carbocycles. The summed E-state index contributed by atoms with van der Waals surface area (Å²) in [7, 11) is 1.70. The number of methoxy groups -OCH3 is 1. The molecule has 0 radical (unpaired) electrons. The first-order valence-electron chi connectivity index (χ1n) is 5.86. The van der Waals surface area contributed by atoms with E-state index in [1.165, 1.54) is 18.4 Å². The second-order valence-corrected chi connectivity index (χ2v) is 5.43. The van der Waals surface area contributed by atoms with Crippen LogP contribution in [0.4, 0.5) is 0 Å². The molecule has 0 bridgehead atoms. The predicted octanol–water partition coefficient (Wildman–Crippen LogP) is 3.53. The summed E-state index contributed by atoms with van der Waals surface area (Å²) in [5, 5.41) is 0. The van der Waals surface area contributed by atoms with E-state index in [1.54, 1.807) is 7.11 Å². The molecule has 0 heterocycles. The molecule has 0 atom stereocenters. The molecule has 88 valence electrons. The van der Waals surface area contributed by atoms with Gasteiger partial charge in [0.2, 0.25) is 0 Å². The molecule has 1 aliphatic rings. The van der Waals surface area contributed by atoms with Crippen molar-refractivity contribution in [3.05, 3.63) is 23.8 Å². The van der Waals surface area contributed by atoms with Crippen LogP contribution in [-0.4, -0.2) is 13.2 Å². The second-order valence-electron chi connectivity index (χ2n) is 5.43. The van der Waals surface area contributed by atoms with Crippen molar-refractivity contribution in [2.45, 2.75) is 45.1 Å². The Labute approximate surface area is 97.6 Å². The van der Waals surface area contributed by atoms with E-state index in [4.69, 9.17) is 9.47 Å². The van der Waals surface area contributed by atoms with Crippen molar-refractivity contribution in [2.24, 2.45) is 0 Å². The van der Waals surface area contributed by atoms with E-state index in [0.29, 0.717) is 6.10 Å². The van der Waals surface area contributed by atoms with E-state index in [1.807, 2.05) is 12.1 Å². The fourth-order valence-corrected chi connectivity index (χ4v) is 1.69. The molecule has 0 N–H and O–H groups in total. The average Bonchev–Trinajstić information content (AvgIpc) is 3.01. The summed E-state index contributed by atoms with van der Waals surface area (Å²) < 4.78 is 11.2. The smallest absolute Gasteiger partial charge is 0.123 e. The van der Waals surface area contributed by atoms with Gasteiger partial charge < -0.3 is 9.47 Å². The van der Waals surface area contributed by atoms with Crippen LogP contribution in [0.5, 0.6) is 11.5 Å². The standard InChI is InChI=1S/C14H20O2/c1-14(2,3)12-9-11(15-4)7-8-13(12)16-10-5-6-10/h7-10H,5-6H2,1-4H3. The van der Waals surface area contributed by atoms with Crippen LogP contribution >= 0.6 is 0 Å². The molecule has 2 nitrogen and oxygen atoms in total. The van der Waals surface area contributed by atoms with Crippen LogP contribution in [-0.2, 0) is 5.41 Å². The molecule has 0 spiro atoms. The van der Waals surface area contributed by atoms with Gasteiger partial charge in [-0.3, -0.25) is 0 Å². The van der Waals surface area contributed by atoms with Crippen LogP contribution < -0.4 is 9.47 Å². The van der Waals surface area contributed by atoms with Crippen LogP contribution in [0.15, 0.2) is 18.2 Å². The molecule has 1 aromatic carbocycles. The summed E-state index contributed by atoms with van der Waals surface area (Å²) in [6.07, 6.45) is 2.82. The van der Waals surface area contributed by atoms with Gasteiger partial charge in [-0.05, 0) is 36.5 Å². The van der Waals surface area contributed by atoms with Crippen LogP contribution in [0.1, 0.15) is 39.2 Å². The molecule has 1 saturated carbocycles. The molecule has 2 rings (SSSR count). The van der Waals surface area contributed by atoms with Crippen LogP contribution in [0.3, 0.4) is 0 Å². The molecule has 1 fully saturated rings. The Kier molecular flexibility index (Phi) is 2.83. The van der Waals surface area contributed by atoms with Gasteiger partial charge in [-0.25, -0.2) is 0 Å². The maximum Gasteiger partial charge on any atom is 0.123 e. The first-order chi connectivity index (χ1) is 7.50. The predicted molar refractivity (Wildman–Crippen MR) is 65.3 cm³/mol. The highest BCUT2D eigenvalue weighted by atomic mass is 16.5. The second kappa shape index (κ2) is 4.00. The van der Waals surface area contributed by atoms with Crippen molar-refractivity contribution < 1.29 is 9.47 Å². The highest BCUT2D eigenvalue weighted by molar-refractivity contribution is 5.44.